The van der Waals surface area contributed by atoms with Gasteiger partial charge in [-0.2, -0.15) is 0 Å². The Morgan fingerprint density at radius 2 is 1.79 bits per heavy atom. The molecule has 1 amide bonds. The topological polar surface area (TPSA) is 64.1 Å². The van der Waals surface area contributed by atoms with Crippen LogP contribution in [0.25, 0.3) is 0 Å². The summed E-state index contributed by atoms with van der Waals surface area (Å²) in [7, 11) is 2.14. The van der Waals surface area contributed by atoms with Crippen molar-refractivity contribution in [2.45, 2.75) is 13.0 Å². The molecule has 1 aromatic rings. The van der Waals surface area contributed by atoms with Crippen LogP contribution in [0.5, 0.6) is 0 Å². The predicted molar refractivity (Wildman–Crippen MR) is 94.6 cm³/mol. The molecule has 2 heterocycles. The number of rotatable bonds is 4. The number of carbonyl (C=O) groups excluding carboxylic acids is 1. The van der Waals surface area contributed by atoms with Crippen LogP contribution in [0.15, 0.2) is 24.3 Å². The average molecular weight is 354 g/mol. The van der Waals surface area contributed by atoms with E-state index in [2.05, 4.69) is 16.8 Å². The number of hydrogen-bond acceptors (Lipinski definition) is 4. The molecular formula is C17H24ClN3O3. The maximum atomic E-state index is 12.0. The van der Waals surface area contributed by atoms with E-state index in [-0.39, 0.29) is 31.3 Å². The van der Waals surface area contributed by atoms with Crippen molar-refractivity contribution in [2.24, 2.45) is 5.92 Å². The molecule has 2 fully saturated rings. The summed E-state index contributed by atoms with van der Waals surface area (Å²) < 4.78 is 0. The molecule has 7 heteroatoms. The number of halogens is 1. The third-order valence-corrected chi connectivity index (χ3v) is 4.72. The van der Waals surface area contributed by atoms with Crippen LogP contribution in [0, 0.1) is 5.92 Å². The summed E-state index contributed by atoms with van der Waals surface area (Å²) in [5.74, 6) is -1.59. The highest BCUT2D eigenvalue weighted by molar-refractivity contribution is 5.99. The van der Waals surface area contributed by atoms with Gasteiger partial charge in [0.05, 0.1) is 5.92 Å². The molecule has 0 aliphatic carbocycles. The Bertz CT molecular complexity index is 585. The van der Waals surface area contributed by atoms with Crippen LogP contribution in [0.1, 0.15) is 12.0 Å². The lowest BCUT2D eigenvalue weighted by molar-refractivity contribution is -0.141. The van der Waals surface area contributed by atoms with Crippen LogP contribution in [-0.4, -0.2) is 66.6 Å². The second kappa shape index (κ2) is 7.96. The van der Waals surface area contributed by atoms with Gasteiger partial charge in [-0.1, -0.05) is 12.1 Å². The highest BCUT2D eigenvalue weighted by Crippen LogP contribution is 2.25. The highest BCUT2D eigenvalue weighted by atomic mass is 35.5. The number of likely N-dealkylation sites (N-methyl/N-ethyl adjacent to an activating group) is 1. The Hall–Kier alpha value is -1.63. The molecule has 1 atom stereocenters. The van der Waals surface area contributed by atoms with Crippen molar-refractivity contribution < 1.29 is 14.7 Å². The molecule has 1 aromatic carbocycles. The fourth-order valence-electron chi connectivity index (χ4n) is 3.17. The monoisotopic (exact) mass is 353 g/mol. The molecule has 132 valence electrons. The number of piperazine rings is 1. The first-order valence-electron chi connectivity index (χ1n) is 8.06. The molecule has 6 nitrogen and oxygen atoms in total. The lowest BCUT2D eigenvalue weighted by Gasteiger charge is -2.32. The molecule has 2 aliphatic heterocycles. The predicted octanol–water partition coefficient (Wildman–Crippen LogP) is 1.29. The van der Waals surface area contributed by atoms with Gasteiger partial charge in [-0.3, -0.25) is 14.5 Å². The maximum Gasteiger partial charge on any atom is 0.308 e. The second-order valence-corrected chi connectivity index (χ2v) is 6.49. The van der Waals surface area contributed by atoms with Gasteiger partial charge in [0.25, 0.3) is 0 Å². The van der Waals surface area contributed by atoms with E-state index in [1.165, 1.54) is 5.56 Å². The molecule has 0 aromatic heterocycles. The molecular weight excluding hydrogens is 330 g/mol. The fraction of sp³-hybridized carbons (Fsp3) is 0.529. The largest absolute Gasteiger partial charge is 0.481 e. The van der Waals surface area contributed by atoms with Crippen molar-refractivity contribution in [2.75, 3.05) is 44.7 Å². The fourth-order valence-corrected chi connectivity index (χ4v) is 3.17. The van der Waals surface area contributed by atoms with Crippen LogP contribution in [-0.2, 0) is 16.1 Å². The molecule has 3 rings (SSSR count). The van der Waals surface area contributed by atoms with Gasteiger partial charge in [0.15, 0.2) is 0 Å². The van der Waals surface area contributed by atoms with Gasteiger partial charge in [0.1, 0.15) is 0 Å². The van der Waals surface area contributed by atoms with Crippen LogP contribution < -0.4 is 4.90 Å². The number of carboxylic acid groups (broad SMARTS) is 1. The molecule has 2 aliphatic rings. The Kier molecular flexibility index (Phi) is 6.21. The van der Waals surface area contributed by atoms with E-state index in [1.54, 1.807) is 4.90 Å². The molecule has 2 saturated heterocycles. The zero-order chi connectivity index (χ0) is 16.4. The first kappa shape index (κ1) is 18.7. The summed E-state index contributed by atoms with van der Waals surface area (Å²) >= 11 is 0. The van der Waals surface area contributed by atoms with E-state index < -0.39 is 11.9 Å². The molecule has 1 N–H and O–H groups in total. The SMILES string of the molecule is CN1CCN(Cc2ccc(N3CC(C(=O)O)CC3=O)cc2)CC1.Cl. The number of carboxylic acids is 1. The first-order valence-corrected chi connectivity index (χ1v) is 8.06. The quantitative estimate of drug-likeness (QED) is 0.883. The second-order valence-electron chi connectivity index (χ2n) is 6.49. The zero-order valence-electron chi connectivity index (χ0n) is 13.9. The Balaban J connectivity index is 0.00000208. The number of anilines is 1. The number of aliphatic carboxylic acids is 1. The van der Waals surface area contributed by atoms with Crippen molar-refractivity contribution in [3.63, 3.8) is 0 Å². The van der Waals surface area contributed by atoms with Crippen molar-refractivity contribution in [1.29, 1.82) is 0 Å². The normalized spacial score (nSPS) is 22.5. The highest BCUT2D eigenvalue weighted by Gasteiger charge is 2.34. The number of carbonyl (C=O) groups is 2. The standard InChI is InChI=1S/C17H23N3O3.ClH/c1-18-6-8-19(9-7-18)11-13-2-4-15(5-3-13)20-12-14(17(22)23)10-16(20)21;/h2-5,14H,6-12H2,1H3,(H,22,23);1H. The average Bonchev–Trinajstić information content (AvgIpc) is 2.93. The lowest BCUT2D eigenvalue weighted by atomic mass is 10.1. The van der Waals surface area contributed by atoms with Crippen molar-refractivity contribution in [3.8, 4) is 0 Å². The summed E-state index contributed by atoms with van der Waals surface area (Å²) in [6, 6.07) is 7.92. The van der Waals surface area contributed by atoms with Gasteiger partial charge in [-0.05, 0) is 24.7 Å². The van der Waals surface area contributed by atoms with Gasteiger partial charge in [-0.15, -0.1) is 12.4 Å². The van der Waals surface area contributed by atoms with E-state index in [9.17, 15) is 9.59 Å². The Morgan fingerprint density at radius 1 is 1.17 bits per heavy atom. The van der Waals surface area contributed by atoms with E-state index in [4.69, 9.17) is 5.11 Å². The maximum absolute atomic E-state index is 12.0. The summed E-state index contributed by atoms with van der Waals surface area (Å²) in [6.45, 7) is 5.52. The Labute approximate surface area is 148 Å². The van der Waals surface area contributed by atoms with Gasteiger partial charge in [0.2, 0.25) is 5.91 Å². The van der Waals surface area contributed by atoms with E-state index >= 15 is 0 Å². The minimum absolute atomic E-state index is 0. The van der Waals surface area contributed by atoms with Gasteiger partial charge in [-0.25, -0.2) is 0 Å². The molecule has 24 heavy (non-hydrogen) atoms. The third kappa shape index (κ3) is 4.26. The minimum atomic E-state index is -0.896. The van der Waals surface area contributed by atoms with E-state index in [0.717, 1.165) is 38.4 Å². The van der Waals surface area contributed by atoms with Crippen LogP contribution in [0.4, 0.5) is 5.69 Å². The number of amides is 1. The van der Waals surface area contributed by atoms with Crippen LogP contribution >= 0.6 is 12.4 Å². The van der Waals surface area contributed by atoms with Gasteiger partial charge < -0.3 is 14.9 Å². The molecule has 0 bridgehead atoms. The van der Waals surface area contributed by atoms with Crippen molar-refractivity contribution in [1.82, 2.24) is 9.80 Å². The first-order chi connectivity index (χ1) is 11.0. The molecule has 1 unspecified atom stereocenters. The van der Waals surface area contributed by atoms with Crippen molar-refractivity contribution in [3.05, 3.63) is 29.8 Å². The summed E-state index contributed by atoms with van der Waals surface area (Å²) in [4.78, 5) is 29.3. The van der Waals surface area contributed by atoms with Crippen molar-refractivity contribution >= 4 is 30.0 Å². The minimum Gasteiger partial charge on any atom is -0.481 e. The summed E-state index contributed by atoms with van der Waals surface area (Å²) in [5.41, 5.74) is 2.01. The smallest absolute Gasteiger partial charge is 0.308 e. The van der Waals surface area contributed by atoms with E-state index in [1.807, 2.05) is 24.3 Å². The molecule has 0 saturated carbocycles. The molecule has 0 radical (unpaired) electrons. The summed E-state index contributed by atoms with van der Waals surface area (Å²) in [6.07, 6.45) is 0.0956. The number of nitrogens with zero attached hydrogens (tertiary/aromatic N) is 3. The third-order valence-electron chi connectivity index (χ3n) is 4.72. The van der Waals surface area contributed by atoms with E-state index in [0.29, 0.717) is 0 Å². The van der Waals surface area contributed by atoms with Gasteiger partial charge >= 0.3 is 5.97 Å². The number of hydrogen-bond donors (Lipinski definition) is 1. The summed E-state index contributed by atoms with van der Waals surface area (Å²) in [5, 5.41) is 9.05. The van der Waals surface area contributed by atoms with Gasteiger partial charge in [0, 0.05) is 51.4 Å². The zero-order valence-corrected chi connectivity index (χ0v) is 14.7. The number of benzene rings is 1. The van der Waals surface area contributed by atoms with Crippen LogP contribution in [0.2, 0.25) is 0 Å². The van der Waals surface area contributed by atoms with Crippen LogP contribution in [0.3, 0.4) is 0 Å². The lowest BCUT2D eigenvalue weighted by Crippen LogP contribution is -2.43. The molecule has 0 spiro atoms. The Morgan fingerprint density at radius 3 is 2.33 bits per heavy atom.